The summed E-state index contributed by atoms with van der Waals surface area (Å²) in [6.07, 6.45) is 77.9. The first-order chi connectivity index (χ1) is 48.7. The van der Waals surface area contributed by atoms with Gasteiger partial charge >= 0.3 is 39.5 Å². The number of aliphatic hydroxyl groups excluding tert-OH is 1. The van der Waals surface area contributed by atoms with Crippen LogP contribution in [0.25, 0.3) is 0 Å². The monoisotopic (exact) mass is 1450 g/mol. The molecule has 0 saturated heterocycles. The van der Waals surface area contributed by atoms with Crippen molar-refractivity contribution in [2.24, 2.45) is 0 Å². The molecule has 0 heterocycles. The van der Waals surface area contributed by atoms with Crippen LogP contribution in [0.1, 0.15) is 323 Å². The molecule has 0 radical (unpaired) electrons. The van der Waals surface area contributed by atoms with E-state index in [-0.39, 0.29) is 25.7 Å². The highest BCUT2D eigenvalue weighted by molar-refractivity contribution is 7.47. The number of unbranched alkanes of at least 4 members (excludes halogenated alkanes) is 29. The van der Waals surface area contributed by atoms with Crippen molar-refractivity contribution in [1.29, 1.82) is 0 Å². The van der Waals surface area contributed by atoms with Crippen LogP contribution in [0.15, 0.2) is 109 Å². The van der Waals surface area contributed by atoms with Crippen molar-refractivity contribution in [2.45, 2.75) is 341 Å². The number of allylic oxidation sites excluding steroid dienone is 18. The first-order valence-electron chi connectivity index (χ1n) is 39.1. The Hall–Kier alpha value is -4.28. The standard InChI is InChI=1S/C81H140O17P2/c1-5-9-13-17-21-25-29-32-34-36-37-39-40-43-47-50-54-58-62-66-79(84)92-72-77(98-81(86)68-64-60-56-52-48-44-41-38-35-33-30-26-22-18-14-10-6-2)74-96-100(89,90)94-70-75(82)69-93-99(87,88)95-73-76(97-80(85)67-63-59-55-51-45-28-24-20-16-12-8-4)71-91-78(83)65-61-57-53-49-46-42-31-27-23-19-15-11-7-3/h9-10,13-14,21-22,25-27,31-35,37,39,43,47,75-77,82H,5-8,11-12,15-20,23-24,28-30,36,38,40-42,44-46,48-74H2,1-4H3,(H,87,88)(H,89,90)/b13-9-,14-10-,25-21-,26-22-,31-27-,34-32-,35-33-,39-37-,47-43-. The maximum absolute atomic E-state index is 13.1. The Bertz CT molecular complexity index is 2320. The van der Waals surface area contributed by atoms with Crippen LogP contribution in [0, 0.1) is 0 Å². The molecule has 0 spiro atoms. The highest BCUT2D eigenvalue weighted by Crippen LogP contribution is 2.45. The Morgan fingerprint density at radius 3 is 0.830 bits per heavy atom. The van der Waals surface area contributed by atoms with Crippen LogP contribution in [-0.2, 0) is 65.4 Å². The second-order valence-electron chi connectivity index (χ2n) is 25.9. The molecule has 0 fully saturated rings. The Kier molecular flexibility index (Phi) is 69.9. The predicted octanol–water partition coefficient (Wildman–Crippen LogP) is 22.6. The number of phosphoric ester groups is 2. The van der Waals surface area contributed by atoms with Crippen LogP contribution < -0.4 is 0 Å². The van der Waals surface area contributed by atoms with Gasteiger partial charge in [-0.2, -0.15) is 0 Å². The van der Waals surface area contributed by atoms with Gasteiger partial charge in [0.15, 0.2) is 12.2 Å². The normalized spacial score (nSPS) is 14.5. The third-order valence-corrected chi connectivity index (χ3v) is 18.1. The highest BCUT2D eigenvalue weighted by atomic mass is 31.2. The Labute approximate surface area is 607 Å². The number of rotatable bonds is 73. The minimum Gasteiger partial charge on any atom is -0.462 e. The Morgan fingerprint density at radius 2 is 0.520 bits per heavy atom. The second-order valence-corrected chi connectivity index (χ2v) is 28.8. The van der Waals surface area contributed by atoms with Gasteiger partial charge in [0.05, 0.1) is 26.4 Å². The fraction of sp³-hybridized carbons (Fsp3) is 0.728. The van der Waals surface area contributed by atoms with Gasteiger partial charge in [0.1, 0.15) is 19.3 Å². The van der Waals surface area contributed by atoms with Gasteiger partial charge in [0.2, 0.25) is 0 Å². The number of hydrogen-bond donors (Lipinski definition) is 3. The van der Waals surface area contributed by atoms with Crippen molar-refractivity contribution in [3.8, 4) is 0 Å². The van der Waals surface area contributed by atoms with E-state index in [9.17, 15) is 43.2 Å². The van der Waals surface area contributed by atoms with E-state index in [2.05, 4.69) is 137 Å². The number of ether oxygens (including phenoxy) is 4. The molecule has 19 heteroatoms. The number of esters is 4. The molecule has 0 saturated carbocycles. The third kappa shape index (κ3) is 72.1. The van der Waals surface area contributed by atoms with E-state index in [0.29, 0.717) is 25.7 Å². The van der Waals surface area contributed by atoms with Gasteiger partial charge in [-0.3, -0.25) is 37.3 Å². The lowest BCUT2D eigenvalue weighted by Crippen LogP contribution is -2.30. The van der Waals surface area contributed by atoms with E-state index < -0.39 is 97.5 Å². The molecule has 3 N–H and O–H groups in total. The summed E-state index contributed by atoms with van der Waals surface area (Å²) >= 11 is 0. The number of phosphoric acid groups is 2. The molecular weight excluding hydrogens is 1310 g/mol. The summed E-state index contributed by atoms with van der Waals surface area (Å²) < 4.78 is 68.5. The molecule has 0 aromatic rings. The maximum Gasteiger partial charge on any atom is 0.472 e. The van der Waals surface area contributed by atoms with E-state index in [0.717, 1.165) is 180 Å². The second kappa shape index (κ2) is 73.0. The summed E-state index contributed by atoms with van der Waals surface area (Å²) in [6, 6.07) is 0. The van der Waals surface area contributed by atoms with Crippen molar-refractivity contribution < 1.29 is 80.2 Å². The molecule has 17 nitrogen and oxygen atoms in total. The van der Waals surface area contributed by atoms with Gasteiger partial charge in [0, 0.05) is 25.7 Å². The van der Waals surface area contributed by atoms with Gasteiger partial charge in [-0.1, -0.05) is 278 Å². The molecule has 0 bridgehead atoms. The predicted molar refractivity (Wildman–Crippen MR) is 408 cm³/mol. The lowest BCUT2D eigenvalue weighted by molar-refractivity contribution is -0.161. The molecule has 0 rings (SSSR count). The molecule has 0 aliphatic carbocycles. The van der Waals surface area contributed by atoms with Crippen LogP contribution in [0.2, 0.25) is 0 Å². The summed E-state index contributed by atoms with van der Waals surface area (Å²) in [6.45, 7) is 4.59. The molecule has 0 aromatic heterocycles. The zero-order valence-electron chi connectivity index (χ0n) is 62.8. The fourth-order valence-corrected chi connectivity index (χ4v) is 11.9. The topological polar surface area (TPSA) is 237 Å². The smallest absolute Gasteiger partial charge is 0.462 e. The molecule has 0 aliphatic heterocycles. The summed E-state index contributed by atoms with van der Waals surface area (Å²) in [7, 11) is -9.96. The average molecular weight is 1450 g/mol. The number of aliphatic hydroxyl groups is 1. The van der Waals surface area contributed by atoms with E-state index in [1.165, 1.54) is 64.2 Å². The zero-order valence-corrected chi connectivity index (χ0v) is 64.6. The maximum atomic E-state index is 13.1. The Balaban J connectivity index is 5.37. The van der Waals surface area contributed by atoms with Crippen molar-refractivity contribution in [1.82, 2.24) is 0 Å². The molecule has 0 amide bonds. The van der Waals surface area contributed by atoms with E-state index in [4.69, 9.17) is 37.0 Å². The van der Waals surface area contributed by atoms with Crippen molar-refractivity contribution in [3.05, 3.63) is 109 Å². The summed E-state index contributed by atoms with van der Waals surface area (Å²) in [4.78, 5) is 72.9. The Morgan fingerprint density at radius 1 is 0.290 bits per heavy atom. The minimum absolute atomic E-state index is 0.0747. The van der Waals surface area contributed by atoms with Gasteiger partial charge in [-0.25, -0.2) is 9.13 Å². The number of hydrogen-bond acceptors (Lipinski definition) is 15. The van der Waals surface area contributed by atoms with Crippen molar-refractivity contribution in [2.75, 3.05) is 39.6 Å². The number of carbonyl (C=O) groups excluding carboxylic acids is 4. The molecule has 5 atom stereocenters. The summed E-state index contributed by atoms with van der Waals surface area (Å²) in [5, 5.41) is 10.6. The largest absolute Gasteiger partial charge is 0.472 e. The number of carbonyl (C=O) groups is 4. The molecule has 576 valence electrons. The van der Waals surface area contributed by atoms with Crippen LogP contribution in [0.5, 0.6) is 0 Å². The third-order valence-electron chi connectivity index (χ3n) is 16.2. The average Bonchev–Trinajstić information content (AvgIpc) is 0.930. The molecular formula is C81H140O17P2. The minimum atomic E-state index is -4.99. The van der Waals surface area contributed by atoms with E-state index >= 15 is 0 Å². The fourth-order valence-electron chi connectivity index (χ4n) is 10.3. The van der Waals surface area contributed by atoms with Gasteiger partial charge in [0.25, 0.3) is 0 Å². The SMILES string of the molecule is CC/C=C\C/C=C\C/C=C\C/C=C\C/C=C\CCCCCC(=O)OCC(COP(=O)(O)OCC(O)COP(=O)(O)OCC(COC(=O)CCCCCCC/C=C\CCCCCC)OC(=O)CCCCCCCCCCCCC)OC(=O)CCCCCCCCC/C=C\C/C=C\C/C=C\CC. The van der Waals surface area contributed by atoms with E-state index in [1.54, 1.807) is 0 Å². The van der Waals surface area contributed by atoms with Crippen LogP contribution >= 0.6 is 15.6 Å². The van der Waals surface area contributed by atoms with Gasteiger partial charge < -0.3 is 33.8 Å². The van der Waals surface area contributed by atoms with E-state index in [1.807, 2.05) is 0 Å². The molecule has 5 unspecified atom stereocenters. The van der Waals surface area contributed by atoms with Gasteiger partial charge in [-0.15, -0.1) is 0 Å². The zero-order chi connectivity index (χ0) is 73.2. The molecule has 0 aliphatic rings. The first-order valence-corrected chi connectivity index (χ1v) is 42.1. The van der Waals surface area contributed by atoms with Crippen LogP contribution in [0.4, 0.5) is 0 Å². The lowest BCUT2D eigenvalue weighted by atomic mass is 10.1. The van der Waals surface area contributed by atoms with Crippen molar-refractivity contribution >= 4 is 39.5 Å². The summed E-state index contributed by atoms with van der Waals surface area (Å²) in [5.41, 5.74) is 0. The molecule has 100 heavy (non-hydrogen) atoms. The first kappa shape index (κ1) is 95.7. The molecule has 0 aromatic carbocycles. The quantitative estimate of drug-likeness (QED) is 0.0169. The van der Waals surface area contributed by atoms with Crippen molar-refractivity contribution in [3.63, 3.8) is 0 Å². The lowest BCUT2D eigenvalue weighted by Gasteiger charge is -2.21. The van der Waals surface area contributed by atoms with Crippen LogP contribution in [0.3, 0.4) is 0 Å². The highest BCUT2D eigenvalue weighted by Gasteiger charge is 2.30. The van der Waals surface area contributed by atoms with Crippen LogP contribution in [-0.4, -0.2) is 96.7 Å². The van der Waals surface area contributed by atoms with Gasteiger partial charge in [-0.05, 0) is 128 Å². The summed E-state index contributed by atoms with van der Waals surface area (Å²) in [5.74, 6) is -2.22.